The number of aliphatic hydroxyl groups excluding tert-OH is 2. The summed E-state index contributed by atoms with van der Waals surface area (Å²) in [7, 11) is -23.2. The van der Waals surface area contributed by atoms with Gasteiger partial charge in [-0.1, -0.05) is 0 Å². The molecule has 0 aromatic heterocycles. The highest BCUT2D eigenvalue weighted by atomic mass is 31.2. The van der Waals surface area contributed by atoms with Crippen LogP contribution < -0.4 is 44.2 Å². The van der Waals surface area contributed by atoms with Crippen LogP contribution in [0.4, 0.5) is 0 Å². The summed E-state index contributed by atoms with van der Waals surface area (Å²) in [6.07, 6.45) is -16.5. The summed E-state index contributed by atoms with van der Waals surface area (Å²) < 4.78 is 57.2. The first-order valence-corrected chi connectivity index (χ1v) is 12.5. The molecule has 199 valence electrons. The lowest BCUT2D eigenvalue weighted by Crippen LogP contribution is -2.66. The number of phosphoric ester groups is 3. The molecule has 1 radical (unpaired) electrons. The van der Waals surface area contributed by atoms with Crippen molar-refractivity contribution in [3.05, 3.63) is 0 Å². The van der Waals surface area contributed by atoms with Gasteiger partial charge in [-0.05, 0) is 0 Å². The second kappa shape index (κ2) is 13.3. The Hall–Kier alpha value is 0.200. The van der Waals surface area contributed by atoms with Crippen molar-refractivity contribution in [1.82, 2.24) is 24.6 Å². The Kier molecular flexibility index (Phi) is 16.4. The monoisotopic (exact) mass is 567 g/mol. The van der Waals surface area contributed by atoms with E-state index in [4.69, 9.17) is 24.1 Å². The van der Waals surface area contributed by atoms with Crippen LogP contribution in [0, 0.1) is 0 Å². The molecule has 1 fully saturated rings. The number of rotatable bonds is 8. The molecule has 0 aromatic carbocycles. The predicted molar refractivity (Wildman–Crippen MR) is 94.1 cm³/mol. The quantitative estimate of drug-likeness (QED) is 0.0980. The molecule has 0 bridgehead atoms. The normalized spacial score (nSPS) is 34.9. The lowest BCUT2D eigenvalue weighted by Gasteiger charge is -2.48. The third kappa shape index (κ3) is 13.2. The number of aliphatic hydroxyl groups is 2. The molecule has 0 aromatic rings. The van der Waals surface area contributed by atoms with Crippen LogP contribution in [0.2, 0.25) is 0 Å². The molecule has 0 spiro atoms. The minimum absolute atomic E-state index is 0. The van der Waals surface area contributed by atoms with Crippen molar-refractivity contribution >= 4 is 31.3 Å². The first-order valence-electron chi connectivity index (χ1n) is 6.47. The van der Waals surface area contributed by atoms with Crippen LogP contribution in [0.15, 0.2) is 0 Å². The molecule has 1 aliphatic rings. The average molecular weight is 567 g/mol. The smallest absolute Gasteiger partial charge is 0.451 e. The van der Waals surface area contributed by atoms with Gasteiger partial charge in [-0.15, -0.1) is 0 Å². The van der Waals surface area contributed by atoms with Crippen molar-refractivity contribution in [2.24, 2.45) is 0 Å². The standard InChI is InChI=1S/C6H16O18P4.3H3N.H2N/c7-1-3(21-25(9,10)11)5(23-27(15,16)17)2(8)6(24-28(18,19)20)4(1)22-26(12,13)14;;;;/h1-8H,(H2,9,10,11)(H2,12,13,14)(H2,15,16,17)(H2,18,19,20);3*1H3;1H2/t1-,2+,3-,4+,5-,6+;;;;. The molecule has 0 aliphatic heterocycles. The highest BCUT2D eigenvalue weighted by Gasteiger charge is 2.56. The largest absolute Gasteiger partial charge is 0.756 e. The summed E-state index contributed by atoms with van der Waals surface area (Å²) in [5.74, 6) is 0. The Morgan fingerprint density at radius 3 is 0.938 bits per heavy atom. The minimum Gasteiger partial charge on any atom is -0.756 e. The van der Waals surface area contributed by atoms with Gasteiger partial charge < -0.3 is 76.5 Å². The Balaban J connectivity index is -0.000000980. The maximum atomic E-state index is 11.0. The zero-order valence-electron chi connectivity index (χ0n) is 16.5. The maximum Gasteiger partial charge on any atom is 0.451 e. The van der Waals surface area contributed by atoms with E-state index >= 15 is 0 Å². The van der Waals surface area contributed by atoms with Gasteiger partial charge in [0.25, 0.3) is 23.5 Å². The minimum atomic E-state index is -5.87. The SMILES string of the molecule is O=P([O-])(O)O[C@@H]1[C@@H](O)[C@H](OP([O-])(O)=[OH+])[C@@H](OP(=O)([O-])O)[C@@H](O)[C@H]1OP(=O)([O-])O.[NH2].[NH4+].[NH4+].[NH4+]. The fraction of sp³-hybridized carbons (Fsp3) is 1.00. The third-order valence-electron chi connectivity index (χ3n) is 3.02. The summed E-state index contributed by atoms with van der Waals surface area (Å²) in [6, 6.07) is 0. The molecule has 1 aliphatic carbocycles. The van der Waals surface area contributed by atoms with Crippen LogP contribution in [0.5, 0.6) is 0 Å². The summed E-state index contributed by atoms with van der Waals surface area (Å²) in [5, 5.41) is 20.0. The van der Waals surface area contributed by atoms with Crippen molar-refractivity contribution in [3.63, 3.8) is 0 Å². The number of phosphoric acid groups is 3. The zero-order valence-corrected chi connectivity index (χ0v) is 20.0. The highest BCUT2D eigenvalue weighted by Crippen LogP contribution is 2.48. The van der Waals surface area contributed by atoms with E-state index in [9.17, 15) is 43.5 Å². The fourth-order valence-electron chi connectivity index (χ4n) is 2.26. The summed E-state index contributed by atoms with van der Waals surface area (Å²) in [6.45, 7) is 0. The number of hydrogen-bond donors (Lipinski definition) is 9. The second-order valence-electron chi connectivity index (χ2n) is 5.16. The van der Waals surface area contributed by atoms with Crippen molar-refractivity contribution in [2.75, 3.05) is 0 Å². The Labute approximate surface area is 179 Å². The molecule has 32 heavy (non-hydrogen) atoms. The zero-order chi connectivity index (χ0) is 22.3. The molecule has 1 rings (SSSR count). The molecule has 0 saturated heterocycles. The van der Waals surface area contributed by atoms with E-state index in [1.54, 1.807) is 0 Å². The van der Waals surface area contributed by atoms with Crippen LogP contribution >= 0.6 is 31.3 Å². The fourth-order valence-corrected chi connectivity index (χ4v) is 4.48. The first-order chi connectivity index (χ1) is 12.2. The number of hydrogen-bond acceptors (Lipinski definition) is 13. The van der Waals surface area contributed by atoms with Gasteiger partial charge in [0.2, 0.25) is 0 Å². The third-order valence-corrected chi connectivity index (χ3v) is 5.07. The number of nitrogens with two attached hydrogens (primary N) is 1. The molecular weight excluding hydrogens is 540 g/mol. The Morgan fingerprint density at radius 1 is 0.594 bits per heavy atom. The molecule has 22 nitrogen and oxygen atoms in total. The Bertz CT molecular complexity index is 622. The highest BCUT2D eigenvalue weighted by molar-refractivity contribution is 7.45. The van der Waals surface area contributed by atoms with E-state index in [1.807, 2.05) is 0 Å². The topological polar surface area (TPSA) is 466 Å². The second-order valence-corrected chi connectivity index (χ2v) is 9.79. The van der Waals surface area contributed by atoms with Crippen molar-refractivity contribution in [1.29, 1.82) is 0 Å². The van der Waals surface area contributed by atoms with E-state index in [1.165, 1.54) is 0 Å². The molecule has 10 atom stereocenters. The van der Waals surface area contributed by atoms with Gasteiger partial charge in [-0.25, -0.2) is 0 Å². The van der Waals surface area contributed by atoms with Gasteiger partial charge >= 0.3 is 7.82 Å². The van der Waals surface area contributed by atoms with Crippen LogP contribution in [0.1, 0.15) is 0 Å². The Morgan fingerprint density at radius 2 is 0.781 bits per heavy atom. The van der Waals surface area contributed by atoms with Gasteiger partial charge in [0.1, 0.15) is 36.6 Å². The molecular formula is C6H27N4O18P4. The van der Waals surface area contributed by atoms with Crippen molar-refractivity contribution in [2.45, 2.75) is 36.6 Å². The summed E-state index contributed by atoms with van der Waals surface area (Å²) in [5.41, 5.74) is 0. The maximum absolute atomic E-state index is 11.0. The van der Waals surface area contributed by atoms with Gasteiger partial charge in [-0.3, -0.25) is 33.8 Å². The predicted octanol–water partition coefficient (Wildman–Crippen LogP) is -4.88. The molecule has 21 N–H and O–H groups in total. The van der Waals surface area contributed by atoms with Gasteiger partial charge in [0, 0.05) is 0 Å². The lowest BCUT2D eigenvalue weighted by molar-refractivity contribution is -0.285. The molecule has 0 heterocycles. The number of quaternary nitrogens is 3. The van der Waals surface area contributed by atoms with Crippen LogP contribution in [-0.4, -0.2) is 71.0 Å². The van der Waals surface area contributed by atoms with E-state index in [2.05, 4.69) is 18.1 Å². The molecule has 1 saturated carbocycles. The van der Waals surface area contributed by atoms with Crippen LogP contribution in [-0.2, 0) is 31.8 Å². The van der Waals surface area contributed by atoms with Crippen molar-refractivity contribution < 1.29 is 85.7 Å². The van der Waals surface area contributed by atoms with E-state index in [0.717, 1.165) is 0 Å². The summed E-state index contributed by atoms with van der Waals surface area (Å²) in [4.78, 5) is 78.7. The average Bonchev–Trinajstić information content (AvgIpc) is 2.39. The lowest BCUT2D eigenvalue weighted by atomic mass is 9.85. The van der Waals surface area contributed by atoms with Crippen LogP contribution in [0.3, 0.4) is 0 Å². The van der Waals surface area contributed by atoms with E-state index in [-0.39, 0.29) is 24.6 Å². The van der Waals surface area contributed by atoms with Gasteiger partial charge in [0.05, 0.1) is 0 Å². The first kappa shape index (κ1) is 39.4. The van der Waals surface area contributed by atoms with E-state index in [0.29, 0.717) is 0 Å². The molecule has 26 heteroatoms. The molecule has 0 amide bonds. The van der Waals surface area contributed by atoms with Gasteiger partial charge in [0.15, 0.2) is 0 Å². The van der Waals surface area contributed by atoms with Crippen molar-refractivity contribution in [3.8, 4) is 0 Å². The molecule has 4 unspecified atom stereocenters. The summed E-state index contributed by atoms with van der Waals surface area (Å²) >= 11 is 0. The van der Waals surface area contributed by atoms with Crippen LogP contribution in [0.25, 0.3) is 0 Å². The van der Waals surface area contributed by atoms with Gasteiger partial charge in [-0.2, -0.15) is 0 Å². The van der Waals surface area contributed by atoms with E-state index < -0.39 is 67.9 Å².